The molecule has 1 atom stereocenters. The zero-order chi connectivity index (χ0) is 23.5. The number of rotatable bonds is 3. The number of fused-ring (bicyclic) bond motifs is 1. The summed E-state index contributed by atoms with van der Waals surface area (Å²) in [6, 6.07) is 13.3. The molecule has 0 saturated heterocycles. The van der Waals surface area contributed by atoms with Gasteiger partial charge in [-0.15, -0.1) is 0 Å². The van der Waals surface area contributed by atoms with Crippen molar-refractivity contribution in [2.45, 2.75) is 58.3 Å². The quantitative estimate of drug-likeness (QED) is 0.602. The average Bonchev–Trinajstić information content (AvgIpc) is 2.66. The smallest absolute Gasteiger partial charge is 0.412 e. The summed E-state index contributed by atoms with van der Waals surface area (Å²) in [4.78, 5) is 24.9. The molecule has 32 heavy (non-hydrogen) atoms. The second kappa shape index (κ2) is 8.79. The number of hydrogen-bond donors (Lipinski definition) is 3. The number of benzene rings is 2. The highest BCUT2D eigenvalue weighted by Gasteiger charge is 2.35. The molecule has 8 heteroatoms. The van der Waals surface area contributed by atoms with Gasteiger partial charge in [0, 0.05) is 17.7 Å². The molecule has 8 nitrogen and oxygen atoms in total. The van der Waals surface area contributed by atoms with E-state index in [0.717, 1.165) is 5.56 Å². The molecule has 0 fully saturated rings. The summed E-state index contributed by atoms with van der Waals surface area (Å²) in [6.45, 7) is 9.26. The maximum atomic E-state index is 12.7. The Balaban J connectivity index is 1.80. The van der Waals surface area contributed by atoms with Crippen LogP contribution >= 0.6 is 0 Å². The third-order valence-corrected chi connectivity index (χ3v) is 4.71. The van der Waals surface area contributed by atoms with Gasteiger partial charge in [-0.1, -0.05) is 12.1 Å². The predicted molar refractivity (Wildman–Crippen MR) is 122 cm³/mol. The lowest BCUT2D eigenvalue weighted by Gasteiger charge is -2.38. The van der Waals surface area contributed by atoms with E-state index in [0.29, 0.717) is 29.1 Å². The highest BCUT2D eigenvalue weighted by atomic mass is 16.6. The SMILES string of the molecule is CC(C)(C)OC(=O)Nc1ccc2c(c1)C(NC(=O)Nc1ccccc1C#N)CC(C)(C)O2. The minimum atomic E-state index is -0.618. The van der Waals surface area contributed by atoms with Crippen LogP contribution in [-0.4, -0.2) is 23.3 Å². The molecule has 0 saturated carbocycles. The molecule has 1 aliphatic rings. The number of nitriles is 1. The Morgan fingerprint density at radius 3 is 2.56 bits per heavy atom. The first kappa shape index (κ1) is 22.9. The number of anilines is 2. The number of nitrogens with zero attached hydrogens (tertiary/aromatic N) is 1. The molecule has 1 unspecified atom stereocenters. The van der Waals surface area contributed by atoms with E-state index in [1.165, 1.54) is 0 Å². The first-order valence-electron chi connectivity index (χ1n) is 10.4. The first-order chi connectivity index (χ1) is 15.0. The standard InChI is InChI=1S/C24H28N4O4/c1-23(2,3)32-22(30)26-16-10-11-20-17(12-16)19(13-24(4,5)31-20)28-21(29)27-18-9-7-6-8-15(18)14-25/h6-12,19H,13H2,1-5H3,(H,26,30)(H2,27,28,29). The van der Waals surface area contributed by atoms with Gasteiger partial charge in [0.2, 0.25) is 0 Å². The Hall–Kier alpha value is -3.73. The normalized spacial score (nSPS) is 16.6. The molecule has 168 valence electrons. The van der Waals surface area contributed by atoms with E-state index in [1.807, 2.05) is 13.8 Å². The van der Waals surface area contributed by atoms with Crippen LogP contribution < -0.4 is 20.7 Å². The summed E-state index contributed by atoms with van der Waals surface area (Å²) in [5.41, 5.74) is 0.951. The topological polar surface area (TPSA) is 112 Å². The fourth-order valence-electron chi connectivity index (χ4n) is 3.49. The number of nitrogens with one attached hydrogen (secondary N) is 3. The Labute approximate surface area is 187 Å². The molecule has 2 aromatic carbocycles. The molecular formula is C24H28N4O4. The predicted octanol–water partition coefficient (Wildman–Crippen LogP) is 5.33. The lowest BCUT2D eigenvalue weighted by molar-refractivity contribution is 0.0631. The largest absolute Gasteiger partial charge is 0.487 e. The van der Waals surface area contributed by atoms with Crippen molar-refractivity contribution in [3.63, 3.8) is 0 Å². The molecule has 1 aliphatic heterocycles. The van der Waals surface area contributed by atoms with Crippen LogP contribution in [0.3, 0.4) is 0 Å². The van der Waals surface area contributed by atoms with E-state index in [-0.39, 0.29) is 6.04 Å². The van der Waals surface area contributed by atoms with Crippen LogP contribution in [0, 0.1) is 11.3 Å². The average molecular weight is 437 g/mol. The summed E-state index contributed by atoms with van der Waals surface area (Å²) in [5, 5.41) is 17.7. The lowest BCUT2D eigenvalue weighted by atomic mass is 9.89. The van der Waals surface area contributed by atoms with Crippen LogP contribution in [0.15, 0.2) is 42.5 Å². The fourth-order valence-corrected chi connectivity index (χ4v) is 3.49. The van der Waals surface area contributed by atoms with E-state index >= 15 is 0 Å². The number of hydrogen-bond acceptors (Lipinski definition) is 5. The highest BCUT2D eigenvalue weighted by Crippen LogP contribution is 2.40. The van der Waals surface area contributed by atoms with Gasteiger partial charge in [0.05, 0.1) is 17.3 Å². The molecule has 3 N–H and O–H groups in total. The molecule has 2 aromatic rings. The monoisotopic (exact) mass is 436 g/mol. The summed E-state index contributed by atoms with van der Waals surface area (Å²) in [5.74, 6) is 0.624. The van der Waals surface area contributed by atoms with Crippen LogP contribution in [0.2, 0.25) is 0 Å². The zero-order valence-electron chi connectivity index (χ0n) is 18.9. The van der Waals surface area contributed by atoms with Gasteiger partial charge >= 0.3 is 12.1 Å². The third kappa shape index (κ3) is 5.91. The molecular weight excluding hydrogens is 408 g/mol. The summed E-state index contributed by atoms with van der Waals surface area (Å²) in [6.07, 6.45) is -0.0479. The minimum absolute atomic E-state index is 0.372. The van der Waals surface area contributed by atoms with Gasteiger partial charge in [0.25, 0.3) is 0 Å². The molecule has 0 radical (unpaired) electrons. The number of urea groups is 1. The second-order valence-electron chi connectivity index (χ2n) is 9.25. The highest BCUT2D eigenvalue weighted by molar-refractivity contribution is 5.91. The number of amides is 3. The van der Waals surface area contributed by atoms with E-state index in [4.69, 9.17) is 9.47 Å². The van der Waals surface area contributed by atoms with Gasteiger partial charge < -0.3 is 20.1 Å². The molecule has 0 spiro atoms. The molecule has 1 heterocycles. The molecule has 3 rings (SSSR count). The van der Waals surface area contributed by atoms with Gasteiger partial charge in [-0.25, -0.2) is 9.59 Å². The van der Waals surface area contributed by atoms with Crippen molar-refractivity contribution in [1.82, 2.24) is 5.32 Å². The van der Waals surface area contributed by atoms with E-state index < -0.39 is 23.3 Å². The minimum Gasteiger partial charge on any atom is -0.487 e. The van der Waals surface area contributed by atoms with E-state index in [2.05, 4.69) is 22.0 Å². The second-order valence-corrected chi connectivity index (χ2v) is 9.25. The van der Waals surface area contributed by atoms with Gasteiger partial charge in [0.15, 0.2) is 0 Å². The van der Waals surface area contributed by atoms with Crippen LogP contribution in [-0.2, 0) is 4.74 Å². The summed E-state index contributed by atoms with van der Waals surface area (Å²) < 4.78 is 11.4. The molecule has 3 amide bonds. The van der Waals surface area contributed by atoms with Gasteiger partial charge in [0.1, 0.15) is 23.0 Å². The number of para-hydroxylation sites is 1. The molecule has 0 bridgehead atoms. The van der Waals surface area contributed by atoms with Crippen molar-refractivity contribution in [2.24, 2.45) is 0 Å². The Bertz CT molecular complexity index is 1070. The lowest BCUT2D eigenvalue weighted by Crippen LogP contribution is -2.42. The van der Waals surface area contributed by atoms with Crippen molar-refractivity contribution < 1.29 is 19.1 Å². The van der Waals surface area contributed by atoms with E-state index in [1.54, 1.807) is 63.2 Å². The van der Waals surface area contributed by atoms with Gasteiger partial charge in [-0.3, -0.25) is 5.32 Å². The Morgan fingerprint density at radius 1 is 1.16 bits per heavy atom. The van der Waals surface area contributed by atoms with Gasteiger partial charge in [-0.2, -0.15) is 5.26 Å². The zero-order valence-corrected chi connectivity index (χ0v) is 18.9. The molecule has 0 aliphatic carbocycles. The van der Waals surface area contributed by atoms with Crippen LogP contribution in [0.5, 0.6) is 5.75 Å². The van der Waals surface area contributed by atoms with Crippen molar-refractivity contribution in [1.29, 1.82) is 5.26 Å². The maximum absolute atomic E-state index is 12.7. The van der Waals surface area contributed by atoms with E-state index in [9.17, 15) is 14.9 Å². The number of ether oxygens (including phenoxy) is 2. The molecule has 0 aromatic heterocycles. The first-order valence-corrected chi connectivity index (χ1v) is 10.4. The number of carbonyl (C=O) groups excluding carboxylic acids is 2. The maximum Gasteiger partial charge on any atom is 0.412 e. The van der Waals surface area contributed by atoms with Gasteiger partial charge in [-0.05, 0) is 65.0 Å². The fraction of sp³-hybridized carbons (Fsp3) is 0.375. The Kier molecular flexibility index (Phi) is 6.30. The van der Waals surface area contributed by atoms with Crippen molar-refractivity contribution in [3.05, 3.63) is 53.6 Å². The number of carbonyl (C=O) groups is 2. The third-order valence-electron chi connectivity index (χ3n) is 4.71. The summed E-state index contributed by atoms with van der Waals surface area (Å²) in [7, 11) is 0. The van der Waals surface area contributed by atoms with Crippen molar-refractivity contribution in [2.75, 3.05) is 10.6 Å². The Morgan fingerprint density at radius 2 is 1.88 bits per heavy atom. The summed E-state index contributed by atoms with van der Waals surface area (Å²) >= 11 is 0. The van der Waals surface area contributed by atoms with Crippen LogP contribution in [0.25, 0.3) is 0 Å². The van der Waals surface area contributed by atoms with Crippen LogP contribution in [0.4, 0.5) is 21.0 Å². The van der Waals surface area contributed by atoms with Crippen LogP contribution in [0.1, 0.15) is 58.2 Å². The van der Waals surface area contributed by atoms with Crippen molar-refractivity contribution in [3.8, 4) is 11.8 Å². The van der Waals surface area contributed by atoms with Crippen molar-refractivity contribution >= 4 is 23.5 Å².